The molecule has 3 heterocycles. The van der Waals surface area contributed by atoms with Crippen LogP contribution in [0.15, 0.2) is 29.4 Å². The van der Waals surface area contributed by atoms with Gasteiger partial charge in [-0.3, -0.25) is 9.59 Å². The summed E-state index contributed by atoms with van der Waals surface area (Å²) >= 11 is 0. The average Bonchev–Trinajstić information content (AvgIpc) is 3.14. The Morgan fingerprint density at radius 1 is 1.59 bits per heavy atom. The van der Waals surface area contributed by atoms with Crippen molar-refractivity contribution < 1.29 is 14.0 Å². The SMILES string of the molecule is C=CCN1CC[C@]2(CN(C(=O)c3occc3C)C[C@H]2C)C1=O. The molecule has 0 bridgehead atoms. The summed E-state index contributed by atoms with van der Waals surface area (Å²) in [5.41, 5.74) is 0.406. The van der Waals surface area contributed by atoms with Crippen LogP contribution in [-0.2, 0) is 4.79 Å². The second-order valence-corrected chi connectivity index (χ2v) is 6.47. The zero-order valence-electron chi connectivity index (χ0n) is 13.2. The smallest absolute Gasteiger partial charge is 0.289 e. The van der Waals surface area contributed by atoms with Gasteiger partial charge in [0.1, 0.15) is 0 Å². The number of hydrogen-bond acceptors (Lipinski definition) is 3. The minimum absolute atomic E-state index is 0.110. The van der Waals surface area contributed by atoms with Crippen LogP contribution in [0.25, 0.3) is 0 Å². The molecular formula is C17H22N2O3. The molecule has 0 radical (unpaired) electrons. The lowest BCUT2D eigenvalue weighted by molar-refractivity contribution is -0.136. The Bertz CT molecular complexity index is 621. The van der Waals surface area contributed by atoms with Crippen molar-refractivity contribution in [2.24, 2.45) is 11.3 Å². The van der Waals surface area contributed by atoms with Crippen LogP contribution < -0.4 is 0 Å². The van der Waals surface area contributed by atoms with Crippen LogP contribution in [0.5, 0.6) is 0 Å². The molecule has 0 N–H and O–H groups in total. The molecule has 1 spiro atoms. The van der Waals surface area contributed by atoms with Crippen LogP contribution in [0, 0.1) is 18.3 Å². The van der Waals surface area contributed by atoms with Gasteiger partial charge in [0, 0.05) is 31.7 Å². The van der Waals surface area contributed by atoms with Gasteiger partial charge in [0.05, 0.1) is 11.7 Å². The average molecular weight is 302 g/mol. The van der Waals surface area contributed by atoms with E-state index in [0.717, 1.165) is 18.5 Å². The Hall–Kier alpha value is -2.04. The molecule has 5 nitrogen and oxygen atoms in total. The molecule has 1 aromatic heterocycles. The third-order valence-corrected chi connectivity index (χ3v) is 5.14. The summed E-state index contributed by atoms with van der Waals surface area (Å²) in [7, 11) is 0. The summed E-state index contributed by atoms with van der Waals surface area (Å²) in [5, 5.41) is 0. The lowest BCUT2D eigenvalue weighted by Crippen LogP contribution is -2.40. The first-order valence-electron chi connectivity index (χ1n) is 7.73. The van der Waals surface area contributed by atoms with E-state index in [2.05, 4.69) is 13.5 Å². The van der Waals surface area contributed by atoms with Gasteiger partial charge in [0.25, 0.3) is 5.91 Å². The third-order valence-electron chi connectivity index (χ3n) is 5.14. The molecule has 0 aliphatic carbocycles. The fraction of sp³-hybridized carbons (Fsp3) is 0.529. The third kappa shape index (κ3) is 2.07. The Balaban J connectivity index is 1.81. The molecule has 0 aromatic carbocycles. The number of nitrogens with zero attached hydrogens (tertiary/aromatic N) is 2. The molecule has 0 unspecified atom stereocenters. The van der Waals surface area contributed by atoms with E-state index in [0.29, 0.717) is 25.4 Å². The first kappa shape index (κ1) is 14.9. The summed E-state index contributed by atoms with van der Waals surface area (Å²) in [6.45, 7) is 10.1. The minimum Gasteiger partial charge on any atom is -0.459 e. The monoisotopic (exact) mass is 302 g/mol. The zero-order chi connectivity index (χ0) is 15.9. The molecule has 0 saturated carbocycles. The van der Waals surface area contributed by atoms with Crippen molar-refractivity contribution in [1.82, 2.24) is 9.80 Å². The van der Waals surface area contributed by atoms with Gasteiger partial charge >= 0.3 is 0 Å². The Morgan fingerprint density at radius 3 is 3.00 bits per heavy atom. The highest BCUT2D eigenvalue weighted by Gasteiger charge is 2.55. The Labute approximate surface area is 130 Å². The number of hydrogen-bond donors (Lipinski definition) is 0. The van der Waals surface area contributed by atoms with Crippen molar-refractivity contribution in [2.75, 3.05) is 26.2 Å². The van der Waals surface area contributed by atoms with E-state index < -0.39 is 5.41 Å². The highest BCUT2D eigenvalue weighted by atomic mass is 16.3. The number of carbonyl (C=O) groups is 2. The van der Waals surface area contributed by atoms with E-state index in [-0.39, 0.29) is 17.7 Å². The summed E-state index contributed by atoms with van der Waals surface area (Å²) in [5.74, 6) is 0.597. The molecule has 22 heavy (non-hydrogen) atoms. The molecule has 118 valence electrons. The summed E-state index contributed by atoms with van der Waals surface area (Å²) in [4.78, 5) is 29.0. The summed E-state index contributed by atoms with van der Waals surface area (Å²) < 4.78 is 5.31. The fourth-order valence-electron chi connectivity index (χ4n) is 3.75. The maximum atomic E-state index is 12.8. The first-order chi connectivity index (χ1) is 10.5. The van der Waals surface area contributed by atoms with E-state index in [9.17, 15) is 9.59 Å². The van der Waals surface area contributed by atoms with Gasteiger partial charge in [0.2, 0.25) is 5.91 Å². The van der Waals surface area contributed by atoms with Crippen LogP contribution in [0.4, 0.5) is 0 Å². The number of aryl methyl sites for hydroxylation is 1. The van der Waals surface area contributed by atoms with E-state index in [1.807, 2.05) is 11.8 Å². The second-order valence-electron chi connectivity index (χ2n) is 6.47. The van der Waals surface area contributed by atoms with Crippen LogP contribution in [0.3, 0.4) is 0 Å². The number of likely N-dealkylation sites (tertiary alicyclic amines) is 2. The number of furan rings is 1. The van der Waals surface area contributed by atoms with E-state index in [1.165, 1.54) is 6.26 Å². The molecule has 1 aromatic rings. The quantitative estimate of drug-likeness (QED) is 0.803. The molecule has 2 amide bonds. The molecule has 2 saturated heterocycles. The molecule has 2 aliphatic rings. The van der Waals surface area contributed by atoms with Gasteiger partial charge in [-0.25, -0.2) is 0 Å². The maximum Gasteiger partial charge on any atom is 0.289 e. The highest BCUT2D eigenvalue weighted by Crippen LogP contribution is 2.45. The van der Waals surface area contributed by atoms with Gasteiger partial charge < -0.3 is 14.2 Å². The van der Waals surface area contributed by atoms with Crippen molar-refractivity contribution in [2.45, 2.75) is 20.3 Å². The lowest BCUT2D eigenvalue weighted by Gasteiger charge is -2.26. The van der Waals surface area contributed by atoms with Crippen LogP contribution in [-0.4, -0.2) is 47.8 Å². The number of amides is 2. The van der Waals surface area contributed by atoms with Gasteiger partial charge in [-0.1, -0.05) is 13.0 Å². The number of rotatable bonds is 3. The van der Waals surface area contributed by atoms with E-state index in [4.69, 9.17) is 4.42 Å². The fourth-order valence-corrected chi connectivity index (χ4v) is 3.75. The van der Waals surface area contributed by atoms with E-state index >= 15 is 0 Å². The van der Waals surface area contributed by atoms with Crippen molar-refractivity contribution >= 4 is 11.8 Å². The van der Waals surface area contributed by atoms with Crippen molar-refractivity contribution in [1.29, 1.82) is 0 Å². The highest BCUT2D eigenvalue weighted by molar-refractivity contribution is 5.94. The van der Waals surface area contributed by atoms with E-state index in [1.54, 1.807) is 17.0 Å². The van der Waals surface area contributed by atoms with Gasteiger partial charge in [-0.15, -0.1) is 6.58 Å². The largest absolute Gasteiger partial charge is 0.459 e. The van der Waals surface area contributed by atoms with Crippen LogP contribution >= 0.6 is 0 Å². The molecule has 2 fully saturated rings. The Morgan fingerprint density at radius 2 is 2.36 bits per heavy atom. The standard InChI is InChI=1S/C17H22N2O3/c1-4-7-18-8-6-17(16(18)21)11-19(10-13(17)3)15(20)14-12(2)5-9-22-14/h4-5,9,13H,1,6-8,10-11H2,2-3H3/t13-,17-/m1/s1. The lowest BCUT2D eigenvalue weighted by atomic mass is 9.78. The van der Waals surface area contributed by atoms with Crippen LogP contribution in [0.2, 0.25) is 0 Å². The zero-order valence-corrected chi connectivity index (χ0v) is 13.2. The summed E-state index contributed by atoms with van der Waals surface area (Å²) in [6.07, 6.45) is 4.10. The van der Waals surface area contributed by atoms with Crippen molar-refractivity contribution in [3.8, 4) is 0 Å². The number of carbonyl (C=O) groups excluding carboxylic acids is 2. The summed E-state index contributed by atoms with van der Waals surface area (Å²) in [6, 6.07) is 1.79. The molecule has 2 atom stereocenters. The predicted octanol–water partition coefficient (Wildman–Crippen LogP) is 2.08. The minimum atomic E-state index is -0.431. The van der Waals surface area contributed by atoms with Crippen molar-refractivity contribution in [3.05, 3.63) is 36.3 Å². The van der Waals surface area contributed by atoms with Gasteiger partial charge in [-0.05, 0) is 25.3 Å². The second kappa shape index (κ2) is 5.30. The topological polar surface area (TPSA) is 53.8 Å². The molecule has 5 heteroatoms. The molecule has 3 rings (SSSR count). The predicted molar refractivity (Wildman–Crippen MR) is 82.3 cm³/mol. The van der Waals surface area contributed by atoms with Crippen molar-refractivity contribution in [3.63, 3.8) is 0 Å². The van der Waals surface area contributed by atoms with Gasteiger partial charge in [0.15, 0.2) is 5.76 Å². The Kier molecular flexibility index (Phi) is 3.59. The molecule has 2 aliphatic heterocycles. The first-order valence-corrected chi connectivity index (χ1v) is 7.73. The molecular weight excluding hydrogens is 280 g/mol. The van der Waals surface area contributed by atoms with Gasteiger partial charge in [-0.2, -0.15) is 0 Å². The maximum absolute atomic E-state index is 12.8. The normalized spacial score (nSPS) is 27.9. The van der Waals surface area contributed by atoms with Crippen LogP contribution in [0.1, 0.15) is 29.5 Å².